The summed E-state index contributed by atoms with van der Waals surface area (Å²) in [5.41, 5.74) is 0.666. The summed E-state index contributed by atoms with van der Waals surface area (Å²) in [4.78, 5) is 0. The van der Waals surface area contributed by atoms with Gasteiger partial charge < -0.3 is 24.1 Å². The van der Waals surface area contributed by atoms with Gasteiger partial charge in [0, 0.05) is 18.7 Å². The minimum absolute atomic E-state index is 0.259. The molecule has 0 radical (unpaired) electrons. The smallest absolute Gasteiger partial charge is 0.132 e. The Morgan fingerprint density at radius 1 is 1.19 bits per heavy atom. The number of rotatable bonds is 7. The molecular weight excluding hydrogens is 272 g/mol. The topological polar surface area (TPSA) is 57.2 Å². The maximum atomic E-state index is 10.5. The summed E-state index contributed by atoms with van der Waals surface area (Å²) >= 11 is 0. The van der Waals surface area contributed by atoms with Crippen LogP contribution in [0.1, 0.15) is 37.4 Å². The number of benzene rings is 1. The van der Waals surface area contributed by atoms with E-state index >= 15 is 0 Å². The molecule has 1 N–H and O–H groups in total. The van der Waals surface area contributed by atoms with Crippen molar-refractivity contribution in [1.29, 1.82) is 0 Å². The largest absolute Gasteiger partial charge is 0.496 e. The third kappa shape index (κ3) is 3.80. The van der Waals surface area contributed by atoms with Crippen molar-refractivity contribution in [3.05, 3.63) is 17.7 Å². The van der Waals surface area contributed by atoms with Crippen LogP contribution in [0, 0.1) is 0 Å². The highest BCUT2D eigenvalue weighted by Crippen LogP contribution is 2.40. The SMILES string of the molecule is COc1cc(OC)c(C(O)CCC2CCCO2)c(OC)c1. The maximum absolute atomic E-state index is 10.5. The zero-order valence-corrected chi connectivity index (χ0v) is 12.9. The molecule has 0 saturated carbocycles. The summed E-state index contributed by atoms with van der Waals surface area (Å²) in [6.45, 7) is 0.829. The molecule has 21 heavy (non-hydrogen) atoms. The predicted molar refractivity (Wildman–Crippen MR) is 79.3 cm³/mol. The third-order valence-corrected chi connectivity index (χ3v) is 3.87. The Morgan fingerprint density at radius 3 is 2.33 bits per heavy atom. The van der Waals surface area contributed by atoms with Gasteiger partial charge in [0.05, 0.1) is 39.1 Å². The molecule has 5 heteroatoms. The number of methoxy groups -OCH3 is 3. The zero-order chi connectivity index (χ0) is 15.2. The number of aliphatic hydroxyl groups excluding tert-OH is 1. The first-order valence-corrected chi connectivity index (χ1v) is 7.29. The highest BCUT2D eigenvalue weighted by Gasteiger charge is 2.23. The van der Waals surface area contributed by atoms with Crippen LogP contribution in [-0.4, -0.2) is 39.1 Å². The van der Waals surface area contributed by atoms with E-state index in [9.17, 15) is 5.11 Å². The van der Waals surface area contributed by atoms with Crippen LogP contribution in [0.5, 0.6) is 17.2 Å². The highest BCUT2D eigenvalue weighted by molar-refractivity contribution is 5.51. The molecule has 0 aromatic heterocycles. The molecule has 2 unspecified atom stereocenters. The summed E-state index contributed by atoms with van der Waals surface area (Å²) in [5, 5.41) is 10.5. The van der Waals surface area contributed by atoms with Gasteiger partial charge in [-0.25, -0.2) is 0 Å². The van der Waals surface area contributed by atoms with Gasteiger partial charge in [-0.3, -0.25) is 0 Å². The molecular formula is C16H24O5. The fourth-order valence-corrected chi connectivity index (χ4v) is 2.72. The van der Waals surface area contributed by atoms with Crippen molar-refractivity contribution in [2.45, 2.75) is 37.9 Å². The third-order valence-electron chi connectivity index (χ3n) is 3.87. The molecule has 0 spiro atoms. The van der Waals surface area contributed by atoms with Crippen LogP contribution in [0.3, 0.4) is 0 Å². The lowest BCUT2D eigenvalue weighted by Gasteiger charge is -2.20. The molecule has 1 heterocycles. The summed E-state index contributed by atoms with van der Waals surface area (Å²) in [5.74, 6) is 1.79. The van der Waals surface area contributed by atoms with Crippen LogP contribution < -0.4 is 14.2 Å². The van der Waals surface area contributed by atoms with Gasteiger partial charge in [-0.05, 0) is 25.7 Å². The van der Waals surface area contributed by atoms with Gasteiger partial charge in [-0.2, -0.15) is 0 Å². The monoisotopic (exact) mass is 296 g/mol. The van der Waals surface area contributed by atoms with Crippen LogP contribution in [0.4, 0.5) is 0 Å². The van der Waals surface area contributed by atoms with E-state index in [1.165, 1.54) is 0 Å². The zero-order valence-electron chi connectivity index (χ0n) is 12.9. The van der Waals surface area contributed by atoms with E-state index in [1.54, 1.807) is 33.5 Å². The summed E-state index contributed by atoms with van der Waals surface area (Å²) in [6.07, 6.45) is 3.24. The van der Waals surface area contributed by atoms with Gasteiger partial charge in [0.1, 0.15) is 17.2 Å². The fourth-order valence-electron chi connectivity index (χ4n) is 2.72. The number of hydrogen-bond acceptors (Lipinski definition) is 5. The minimum atomic E-state index is -0.648. The highest BCUT2D eigenvalue weighted by atomic mass is 16.5. The second-order valence-electron chi connectivity index (χ2n) is 5.17. The molecule has 1 saturated heterocycles. The Kier molecular flexibility index (Phi) is 5.70. The average molecular weight is 296 g/mol. The maximum Gasteiger partial charge on any atom is 0.132 e. The molecule has 0 aliphatic carbocycles. The first-order chi connectivity index (χ1) is 10.2. The van der Waals surface area contributed by atoms with E-state index in [0.717, 1.165) is 25.9 Å². The van der Waals surface area contributed by atoms with E-state index in [0.29, 0.717) is 29.2 Å². The Balaban J connectivity index is 2.15. The van der Waals surface area contributed by atoms with Gasteiger partial charge in [-0.1, -0.05) is 0 Å². The van der Waals surface area contributed by atoms with Gasteiger partial charge in [0.25, 0.3) is 0 Å². The molecule has 118 valence electrons. The van der Waals surface area contributed by atoms with Crippen LogP contribution in [0.15, 0.2) is 12.1 Å². The van der Waals surface area contributed by atoms with Crippen molar-refractivity contribution in [2.75, 3.05) is 27.9 Å². The Hall–Kier alpha value is -1.46. The van der Waals surface area contributed by atoms with E-state index in [-0.39, 0.29) is 6.10 Å². The quantitative estimate of drug-likeness (QED) is 0.838. The Labute approximate surface area is 125 Å². The molecule has 2 rings (SSSR count). The first kappa shape index (κ1) is 15.9. The molecule has 5 nitrogen and oxygen atoms in total. The Morgan fingerprint density at radius 2 is 1.86 bits per heavy atom. The van der Waals surface area contributed by atoms with Gasteiger partial charge in [0.15, 0.2) is 0 Å². The Bertz CT molecular complexity index is 429. The van der Waals surface area contributed by atoms with Crippen LogP contribution in [0.25, 0.3) is 0 Å². The standard InChI is InChI=1S/C16H24O5/c1-18-12-9-14(19-2)16(15(10-12)20-3)13(17)7-6-11-5-4-8-21-11/h9-11,13,17H,4-8H2,1-3H3. The second kappa shape index (κ2) is 7.52. The molecule has 1 aromatic rings. The van der Waals surface area contributed by atoms with E-state index in [1.807, 2.05) is 0 Å². The molecule has 2 atom stereocenters. The minimum Gasteiger partial charge on any atom is -0.496 e. The lowest BCUT2D eigenvalue weighted by molar-refractivity contribution is 0.0798. The number of ether oxygens (including phenoxy) is 4. The van der Waals surface area contributed by atoms with Crippen molar-refractivity contribution in [3.8, 4) is 17.2 Å². The number of aliphatic hydroxyl groups is 1. The average Bonchev–Trinajstić information content (AvgIpc) is 3.04. The summed E-state index contributed by atoms with van der Waals surface area (Å²) < 4.78 is 21.6. The van der Waals surface area contributed by atoms with Crippen LogP contribution in [-0.2, 0) is 4.74 Å². The van der Waals surface area contributed by atoms with Gasteiger partial charge in [-0.15, -0.1) is 0 Å². The normalized spacial score (nSPS) is 19.3. The van der Waals surface area contributed by atoms with Crippen molar-refractivity contribution < 1.29 is 24.1 Å². The molecule has 1 aliphatic heterocycles. The van der Waals surface area contributed by atoms with Crippen LogP contribution in [0.2, 0.25) is 0 Å². The molecule has 1 aliphatic rings. The van der Waals surface area contributed by atoms with Crippen LogP contribution >= 0.6 is 0 Å². The predicted octanol–water partition coefficient (Wildman–Crippen LogP) is 2.71. The van der Waals surface area contributed by atoms with Crippen molar-refractivity contribution >= 4 is 0 Å². The van der Waals surface area contributed by atoms with E-state index < -0.39 is 6.10 Å². The molecule has 1 aromatic carbocycles. The van der Waals surface area contributed by atoms with Crippen molar-refractivity contribution in [3.63, 3.8) is 0 Å². The lowest BCUT2D eigenvalue weighted by atomic mass is 9.99. The second-order valence-corrected chi connectivity index (χ2v) is 5.17. The fraction of sp³-hybridized carbons (Fsp3) is 0.625. The first-order valence-electron chi connectivity index (χ1n) is 7.29. The lowest BCUT2D eigenvalue weighted by Crippen LogP contribution is -2.10. The molecule has 0 bridgehead atoms. The van der Waals surface area contributed by atoms with E-state index in [2.05, 4.69) is 0 Å². The summed E-state index contributed by atoms with van der Waals surface area (Å²) in [7, 11) is 4.73. The number of hydrogen-bond donors (Lipinski definition) is 1. The molecule has 1 fully saturated rings. The van der Waals surface area contributed by atoms with Crippen molar-refractivity contribution in [1.82, 2.24) is 0 Å². The van der Waals surface area contributed by atoms with E-state index in [4.69, 9.17) is 18.9 Å². The van der Waals surface area contributed by atoms with Gasteiger partial charge in [0.2, 0.25) is 0 Å². The van der Waals surface area contributed by atoms with Gasteiger partial charge >= 0.3 is 0 Å². The van der Waals surface area contributed by atoms with Crippen molar-refractivity contribution in [2.24, 2.45) is 0 Å². The molecule has 0 amide bonds. The summed E-state index contributed by atoms with van der Waals surface area (Å²) in [6, 6.07) is 3.51.